The molecule has 3 rings (SSSR count). The van der Waals surface area contributed by atoms with Gasteiger partial charge in [0.25, 0.3) is 0 Å². The van der Waals surface area contributed by atoms with Crippen LogP contribution >= 0.6 is 0 Å². The van der Waals surface area contributed by atoms with E-state index >= 15 is 0 Å². The molecule has 3 atom stereocenters. The zero-order chi connectivity index (χ0) is 31.7. The van der Waals surface area contributed by atoms with Crippen LogP contribution in [0.1, 0.15) is 36.1 Å². The number of likely N-dealkylation sites (N-methyl/N-ethyl adjacent to an activating group) is 1. The van der Waals surface area contributed by atoms with E-state index in [2.05, 4.69) is 15.6 Å². The highest BCUT2D eigenvalue weighted by atomic mass is 32.2. The van der Waals surface area contributed by atoms with E-state index in [1.54, 1.807) is 73.7 Å². The number of hydrogen-bond donors (Lipinski definition) is 5. The highest BCUT2D eigenvalue weighted by Crippen LogP contribution is 2.22. The van der Waals surface area contributed by atoms with Crippen LogP contribution < -0.4 is 27.8 Å². The van der Waals surface area contributed by atoms with Gasteiger partial charge in [-0.15, -0.1) is 0 Å². The largest absolute Gasteiger partial charge is 0.370 e. The van der Waals surface area contributed by atoms with Crippen molar-refractivity contribution in [2.45, 2.75) is 49.7 Å². The molecule has 0 aliphatic rings. The van der Waals surface area contributed by atoms with Gasteiger partial charge in [-0.3, -0.25) is 14.4 Å². The van der Waals surface area contributed by atoms with Gasteiger partial charge in [-0.2, -0.15) is 4.31 Å². The van der Waals surface area contributed by atoms with Gasteiger partial charge in [0.1, 0.15) is 18.1 Å². The number of nitrogens with zero attached hydrogens (tertiary/aromatic N) is 2. The van der Waals surface area contributed by atoms with Gasteiger partial charge in [0.15, 0.2) is 5.96 Å². The summed E-state index contributed by atoms with van der Waals surface area (Å²) in [7, 11) is -2.83. The second-order valence-corrected chi connectivity index (χ2v) is 12.0. The summed E-state index contributed by atoms with van der Waals surface area (Å²) >= 11 is 0. The van der Waals surface area contributed by atoms with Crippen molar-refractivity contribution in [1.82, 2.24) is 14.9 Å². The Balaban J connectivity index is 1.93. The lowest BCUT2D eigenvalue weighted by molar-refractivity contribution is -0.132. The average molecular weight is 608 g/mol. The van der Waals surface area contributed by atoms with Crippen molar-refractivity contribution < 1.29 is 22.8 Å². The Morgan fingerprint density at radius 1 is 0.884 bits per heavy atom. The lowest BCUT2D eigenvalue weighted by atomic mass is 10.0. The number of guanidine groups is 1. The van der Waals surface area contributed by atoms with E-state index in [1.807, 2.05) is 6.92 Å². The maximum Gasteiger partial charge on any atom is 0.244 e. The molecule has 43 heavy (non-hydrogen) atoms. The maximum atomic E-state index is 13.8. The zero-order valence-electron chi connectivity index (χ0n) is 24.2. The molecule has 0 saturated heterocycles. The Hall–Kier alpha value is -4.75. The van der Waals surface area contributed by atoms with Gasteiger partial charge in [0.2, 0.25) is 27.7 Å². The Labute approximate surface area is 251 Å². The summed E-state index contributed by atoms with van der Waals surface area (Å²) in [4.78, 5) is 43.2. The number of nitrogens with two attached hydrogens (primary N) is 3. The number of aryl methyl sites for hydroxylation is 1. The van der Waals surface area contributed by atoms with E-state index < -0.39 is 45.9 Å². The minimum atomic E-state index is -4.14. The number of carbonyl (C=O) groups is 3. The van der Waals surface area contributed by atoms with E-state index in [0.29, 0.717) is 16.8 Å². The number of rotatable bonds is 13. The molecular weight excluding hydrogens is 570 g/mol. The molecular formula is C30H37N7O5S. The Morgan fingerprint density at radius 2 is 1.53 bits per heavy atom. The molecule has 0 heterocycles. The molecule has 3 amide bonds. The fourth-order valence-electron chi connectivity index (χ4n) is 4.38. The minimum Gasteiger partial charge on any atom is -0.370 e. The average Bonchev–Trinajstić information content (AvgIpc) is 2.97. The van der Waals surface area contributed by atoms with Crippen LogP contribution in [0.25, 0.3) is 0 Å². The molecule has 8 N–H and O–H groups in total. The number of aliphatic imine (C=N–C) groups is 1. The van der Waals surface area contributed by atoms with E-state index in [-0.39, 0.29) is 23.7 Å². The topological polar surface area (TPSA) is 203 Å². The van der Waals surface area contributed by atoms with Crippen LogP contribution in [0.3, 0.4) is 0 Å². The highest BCUT2D eigenvalue weighted by Gasteiger charge is 2.35. The molecule has 0 aromatic heterocycles. The number of nitrogens with one attached hydrogen (secondary N) is 2. The lowest BCUT2D eigenvalue weighted by Gasteiger charge is -2.29. The zero-order valence-corrected chi connectivity index (χ0v) is 25.0. The molecule has 0 aliphatic heterocycles. The van der Waals surface area contributed by atoms with Crippen molar-refractivity contribution in [2.75, 3.05) is 7.05 Å². The van der Waals surface area contributed by atoms with Crippen molar-refractivity contribution in [1.29, 1.82) is 0 Å². The SMILES string of the molecule is CC[C@H](NC(=O)[C@H](Cc1cccc(N=C(N)N)c1)N(C)S(=O)(=O)c1ccc(C)cc1)C(=O)N[C@@H](C(N)=O)c1ccccc1. The van der Waals surface area contributed by atoms with Crippen molar-refractivity contribution >= 4 is 39.4 Å². The van der Waals surface area contributed by atoms with E-state index in [0.717, 1.165) is 9.87 Å². The Kier molecular flexibility index (Phi) is 11.0. The standard InChI is InChI=1S/C30H37N7O5S/c1-4-24(28(39)36-26(27(31)38)21-10-6-5-7-11-21)35-29(40)25(18-20-9-8-12-22(17-20)34-30(32)33)37(3)43(41,42)23-15-13-19(2)14-16-23/h5-17,24-26H,4,18H2,1-3H3,(H2,31,38)(H,35,40)(H,36,39)(H4,32,33,34)/t24-,25-,26+/m0/s1. The Morgan fingerprint density at radius 3 is 2.12 bits per heavy atom. The van der Waals surface area contributed by atoms with Crippen molar-refractivity contribution in [3.63, 3.8) is 0 Å². The predicted molar refractivity (Wildman–Crippen MR) is 164 cm³/mol. The summed E-state index contributed by atoms with van der Waals surface area (Å²) in [5, 5.41) is 5.26. The molecule has 3 aromatic carbocycles. The first-order valence-electron chi connectivity index (χ1n) is 13.5. The number of carbonyl (C=O) groups excluding carboxylic acids is 3. The monoisotopic (exact) mass is 607 g/mol. The van der Waals surface area contributed by atoms with Crippen LogP contribution in [-0.2, 0) is 30.8 Å². The molecule has 0 saturated carbocycles. The fourth-order valence-corrected chi connectivity index (χ4v) is 5.70. The molecule has 12 nitrogen and oxygen atoms in total. The summed E-state index contributed by atoms with van der Waals surface area (Å²) < 4.78 is 28.2. The maximum absolute atomic E-state index is 13.8. The van der Waals surface area contributed by atoms with Gasteiger partial charge in [-0.25, -0.2) is 13.4 Å². The van der Waals surface area contributed by atoms with E-state index in [9.17, 15) is 22.8 Å². The molecule has 0 unspecified atom stereocenters. The van der Waals surface area contributed by atoms with Gasteiger partial charge < -0.3 is 27.8 Å². The molecule has 3 aromatic rings. The Bertz CT molecular complexity index is 1570. The second-order valence-electron chi connectivity index (χ2n) is 9.98. The fraction of sp³-hybridized carbons (Fsp3) is 0.267. The first-order chi connectivity index (χ1) is 20.3. The minimum absolute atomic E-state index is 0.00426. The molecule has 0 bridgehead atoms. The molecule has 0 aliphatic carbocycles. The first-order valence-corrected chi connectivity index (χ1v) is 15.0. The predicted octanol–water partition coefficient (Wildman–Crippen LogP) is 1.37. The van der Waals surface area contributed by atoms with Crippen LogP contribution in [0.15, 0.2) is 88.8 Å². The van der Waals surface area contributed by atoms with Gasteiger partial charge in [0.05, 0.1) is 10.6 Å². The van der Waals surface area contributed by atoms with Gasteiger partial charge in [0, 0.05) is 7.05 Å². The molecule has 0 radical (unpaired) electrons. The highest BCUT2D eigenvalue weighted by molar-refractivity contribution is 7.89. The summed E-state index contributed by atoms with van der Waals surface area (Å²) in [5.41, 5.74) is 18.9. The third-order valence-corrected chi connectivity index (χ3v) is 8.66. The van der Waals surface area contributed by atoms with Crippen LogP contribution in [0.2, 0.25) is 0 Å². The normalized spacial score (nSPS) is 13.4. The molecule has 13 heteroatoms. The van der Waals surface area contributed by atoms with Crippen molar-refractivity contribution in [3.8, 4) is 0 Å². The molecule has 0 spiro atoms. The van der Waals surface area contributed by atoms with Gasteiger partial charge in [-0.1, -0.05) is 67.1 Å². The summed E-state index contributed by atoms with van der Waals surface area (Å²) in [6.45, 7) is 3.50. The summed E-state index contributed by atoms with van der Waals surface area (Å²) in [5.74, 6) is -2.31. The number of amides is 3. The van der Waals surface area contributed by atoms with Crippen LogP contribution in [0.4, 0.5) is 5.69 Å². The third-order valence-electron chi connectivity index (χ3n) is 6.78. The van der Waals surface area contributed by atoms with Crippen molar-refractivity contribution in [2.24, 2.45) is 22.2 Å². The summed E-state index contributed by atoms with van der Waals surface area (Å²) in [6, 6.07) is 17.9. The van der Waals surface area contributed by atoms with Crippen LogP contribution in [0.5, 0.6) is 0 Å². The second kappa shape index (κ2) is 14.4. The van der Waals surface area contributed by atoms with Crippen LogP contribution in [0, 0.1) is 6.92 Å². The number of benzene rings is 3. The van der Waals surface area contributed by atoms with Crippen LogP contribution in [-0.4, -0.2) is 55.5 Å². The molecule has 0 fully saturated rings. The lowest BCUT2D eigenvalue weighted by Crippen LogP contribution is -2.55. The smallest absolute Gasteiger partial charge is 0.244 e. The summed E-state index contributed by atoms with van der Waals surface area (Å²) in [6.07, 6.45) is 0.0895. The number of primary amides is 1. The molecule has 228 valence electrons. The van der Waals surface area contributed by atoms with E-state index in [1.165, 1.54) is 19.2 Å². The van der Waals surface area contributed by atoms with Gasteiger partial charge >= 0.3 is 0 Å². The van der Waals surface area contributed by atoms with Crippen molar-refractivity contribution in [3.05, 3.63) is 95.6 Å². The number of sulfonamides is 1. The third kappa shape index (κ3) is 8.63. The van der Waals surface area contributed by atoms with Gasteiger partial charge in [-0.05, 0) is 55.2 Å². The first kappa shape index (κ1) is 32.8. The van der Waals surface area contributed by atoms with E-state index in [4.69, 9.17) is 17.2 Å². The quantitative estimate of drug-likeness (QED) is 0.142. The number of hydrogen-bond acceptors (Lipinski definition) is 6.